The molecule has 1 rings (SSSR count). The standard InChI is InChI=1S/C14H31N3O/c1-4-14(15,12-18)8-5-9-17-10-6-13(7-11-17)16(2)3/h13,18H,4-12,15H2,1-3H3. The van der Waals surface area contributed by atoms with Crippen LogP contribution in [0.1, 0.15) is 39.0 Å². The van der Waals surface area contributed by atoms with E-state index in [1.165, 1.54) is 25.9 Å². The van der Waals surface area contributed by atoms with Gasteiger partial charge in [0, 0.05) is 11.6 Å². The quantitative estimate of drug-likeness (QED) is 0.711. The number of likely N-dealkylation sites (tertiary alicyclic amines) is 1. The summed E-state index contributed by atoms with van der Waals surface area (Å²) in [7, 11) is 4.34. The fraction of sp³-hybridized carbons (Fsp3) is 1.00. The van der Waals surface area contributed by atoms with Gasteiger partial charge in [0.15, 0.2) is 0 Å². The largest absolute Gasteiger partial charge is 0.394 e. The molecule has 3 N–H and O–H groups in total. The second-order valence-corrected chi connectivity index (χ2v) is 6.01. The first-order valence-electron chi connectivity index (χ1n) is 7.29. The Balaban J connectivity index is 2.18. The summed E-state index contributed by atoms with van der Waals surface area (Å²) in [6, 6.07) is 0.753. The van der Waals surface area contributed by atoms with E-state index < -0.39 is 0 Å². The molecule has 1 saturated heterocycles. The summed E-state index contributed by atoms with van der Waals surface area (Å²) in [5, 5.41) is 9.27. The molecule has 1 heterocycles. The van der Waals surface area contributed by atoms with Crippen LogP contribution in [0.4, 0.5) is 0 Å². The number of hydrogen-bond donors (Lipinski definition) is 2. The minimum absolute atomic E-state index is 0.103. The zero-order valence-corrected chi connectivity index (χ0v) is 12.4. The molecule has 1 unspecified atom stereocenters. The van der Waals surface area contributed by atoms with Crippen LogP contribution in [0, 0.1) is 0 Å². The predicted molar refractivity (Wildman–Crippen MR) is 76.7 cm³/mol. The van der Waals surface area contributed by atoms with Crippen molar-refractivity contribution >= 4 is 0 Å². The lowest BCUT2D eigenvalue weighted by Crippen LogP contribution is -2.45. The lowest BCUT2D eigenvalue weighted by atomic mass is 9.92. The second-order valence-electron chi connectivity index (χ2n) is 6.01. The molecule has 1 atom stereocenters. The number of nitrogens with zero attached hydrogens (tertiary/aromatic N) is 2. The second kappa shape index (κ2) is 7.43. The average Bonchev–Trinajstić information content (AvgIpc) is 2.39. The van der Waals surface area contributed by atoms with Gasteiger partial charge in [0.1, 0.15) is 0 Å². The molecule has 4 heteroatoms. The molecule has 0 aliphatic carbocycles. The maximum atomic E-state index is 9.27. The summed E-state index contributed by atoms with van der Waals surface area (Å²) in [4.78, 5) is 4.87. The van der Waals surface area contributed by atoms with Crippen LogP contribution in [0.25, 0.3) is 0 Å². The molecule has 0 radical (unpaired) electrons. The first-order chi connectivity index (χ1) is 8.50. The Morgan fingerprint density at radius 3 is 2.39 bits per heavy atom. The van der Waals surface area contributed by atoms with Crippen molar-refractivity contribution < 1.29 is 5.11 Å². The van der Waals surface area contributed by atoms with E-state index in [1.54, 1.807) is 0 Å². The maximum Gasteiger partial charge on any atom is 0.0611 e. The molecular weight excluding hydrogens is 226 g/mol. The van der Waals surface area contributed by atoms with Crippen LogP contribution in [0.2, 0.25) is 0 Å². The molecular formula is C14H31N3O. The normalized spacial score (nSPS) is 22.3. The molecule has 1 aliphatic rings. The molecule has 0 aromatic carbocycles. The molecule has 108 valence electrons. The zero-order chi connectivity index (χ0) is 13.6. The Morgan fingerprint density at radius 1 is 1.33 bits per heavy atom. The Bertz CT molecular complexity index is 221. The first-order valence-corrected chi connectivity index (χ1v) is 7.29. The number of aliphatic hydroxyl groups excluding tert-OH is 1. The molecule has 0 aromatic heterocycles. The van der Waals surface area contributed by atoms with Gasteiger partial charge in [0.25, 0.3) is 0 Å². The van der Waals surface area contributed by atoms with E-state index in [-0.39, 0.29) is 12.1 Å². The van der Waals surface area contributed by atoms with Crippen LogP contribution in [0.5, 0.6) is 0 Å². The van der Waals surface area contributed by atoms with E-state index in [2.05, 4.69) is 30.8 Å². The van der Waals surface area contributed by atoms with Gasteiger partial charge in [-0.25, -0.2) is 0 Å². The van der Waals surface area contributed by atoms with Gasteiger partial charge in [-0.2, -0.15) is 0 Å². The van der Waals surface area contributed by atoms with Crippen LogP contribution in [0.15, 0.2) is 0 Å². The SMILES string of the molecule is CCC(N)(CO)CCCN1CCC(N(C)C)CC1. The van der Waals surface area contributed by atoms with Gasteiger partial charge >= 0.3 is 0 Å². The number of rotatable bonds is 7. The molecule has 0 saturated carbocycles. The van der Waals surface area contributed by atoms with Crippen molar-refractivity contribution in [2.45, 2.75) is 50.6 Å². The van der Waals surface area contributed by atoms with E-state index in [1.807, 2.05) is 0 Å². The van der Waals surface area contributed by atoms with Gasteiger partial charge in [0.05, 0.1) is 6.61 Å². The summed E-state index contributed by atoms with van der Waals surface area (Å²) in [6.07, 6.45) is 5.42. The number of hydrogen-bond acceptors (Lipinski definition) is 4. The minimum atomic E-state index is -0.359. The van der Waals surface area contributed by atoms with Crippen molar-refractivity contribution in [3.8, 4) is 0 Å². The van der Waals surface area contributed by atoms with Gasteiger partial charge in [0.2, 0.25) is 0 Å². The van der Waals surface area contributed by atoms with Crippen LogP contribution < -0.4 is 5.73 Å². The van der Waals surface area contributed by atoms with Gasteiger partial charge in [-0.15, -0.1) is 0 Å². The van der Waals surface area contributed by atoms with E-state index in [9.17, 15) is 5.11 Å². The third-order valence-electron chi connectivity index (χ3n) is 4.46. The zero-order valence-electron chi connectivity index (χ0n) is 12.4. The fourth-order valence-electron chi connectivity index (χ4n) is 2.68. The van der Waals surface area contributed by atoms with Crippen molar-refractivity contribution in [1.29, 1.82) is 0 Å². The topological polar surface area (TPSA) is 52.7 Å². The highest BCUT2D eigenvalue weighted by molar-refractivity contribution is 4.83. The van der Waals surface area contributed by atoms with Crippen molar-refractivity contribution in [2.24, 2.45) is 5.73 Å². The van der Waals surface area contributed by atoms with Gasteiger partial charge < -0.3 is 20.6 Å². The van der Waals surface area contributed by atoms with Crippen LogP contribution in [-0.4, -0.2) is 66.8 Å². The monoisotopic (exact) mass is 257 g/mol. The highest BCUT2D eigenvalue weighted by Gasteiger charge is 2.23. The van der Waals surface area contributed by atoms with Crippen LogP contribution >= 0.6 is 0 Å². The molecule has 0 spiro atoms. The molecule has 18 heavy (non-hydrogen) atoms. The van der Waals surface area contributed by atoms with Crippen molar-refractivity contribution in [3.05, 3.63) is 0 Å². The first kappa shape index (κ1) is 15.9. The molecule has 4 nitrogen and oxygen atoms in total. The lowest BCUT2D eigenvalue weighted by molar-refractivity contribution is 0.134. The van der Waals surface area contributed by atoms with Crippen LogP contribution in [-0.2, 0) is 0 Å². The third kappa shape index (κ3) is 4.84. The predicted octanol–water partition coefficient (Wildman–Crippen LogP) is 0.892. The Kier molecular flexibility index (Phi) is 6.57. The Labute approximate surface area is 112 Å². The highest BCUT2D eigenvalue weighted by atomic mass is 16.3. The smallest absolute Gasteiger partial charge is 0.0611 e. The Hall–Kier alpha value is -0.160. The number of piperidine rings is 1. The van der Waals surface area contributed by atoms with Crippen LogP contribution in [0.3, 0.4) is 0 Å². The van der Waals surface area contributed by atoms with Crippen molar-refractivity contribution in [1.82, 2.24) is 9.80 Å². The van der Waals surface area contributed by atoms with E-state index in [0.29, 0.717) is 0 Å². The number of aliphatic hydroxyl groups is 1. The maximum absolute atomic E-state index is 9.27. The van der Waals surface area contributed by atoms with E-state index >= 15 is 0 Å². The van der Waals surface area contributed by atoms with Gasteiger partial charge in [-0.1, -0.05) is 6.92 Å². The lowest BCUT2D eigenvalue weighted by Gasteiger charge is -2.35. The average molecular weight is 257 g/mol. The third-order valence-corrected chi connectivity index (χ3v) is 4.46. The van der Waals surface area contributed by atoms with Gasteiger partial charge in [-0.3, -0.25) is 0 Å². The Morgan fingerprint density at radius 2 is 1.94 bits per heavy atom. The minimum Gasteiger partial charge on any atom is -0.394 e. The summed E-state index contributed by atoms with van der Waals surface area (Å²) < 4.78 is 0. The molecule has 1 fully saturated rings. The summed E-state index contributed by atoms with van der Waals surface area (Å²) in [5.74, 6) is 0. The number of nitrogens with two attached hydrogens (primary N) is 1. The summed E-state index contributed by atoms with van der Waals surface area (Å²) in [6.45, 7) is 5.68. The van der Waals surface area contributed by atoms with E-state index in [4.69, 9.17) is 5.73 Å². The summed E-state index contributed by atoms with van der Waals surface area (Å²) >= 11 is 0. The van der Waals surface area contributed by atoms with Crippen molar-refractivity contribution in [3.63, 3.8) is 0 Å². The summed E-state index contributed by atoms with van der Waals surface area (Å²) in [5.41, 5.74) is 5.74. The van der Waals surface area contributed by atoms with Gasteiger partial charge in [-0.05, 0) is 65.8 Å². The van der Waals surface area contributed by atoms with Crippen molar-refractivity contribution in [2.75, 3.05) is 40.3 Å². The fourth-order valence-corrected chi connectivity index (χ4v) is 2.68. The molecule has 0 aromatic rings. The molecule has 1 aliphatic heterocycles. The van der Waals surface area contributed by atoms with E-state index in [0.717, 1.165) is 31.8 Å². The molecule has 0 bridgehead atoms. The molecule has 0 amide bonds. The highest BCUT2D eigenvalue weighted by Crippen LogP contribution is 2.17.